The van der Waals surface area contributed by atoms with Gasteiger partial charge in [-0.25, -0.2) is 18.6 Å². The summed E-state index contributed by atoms with van der Waals surface area (Å²) in [4.78, 5) is 16.4. The molecule has 0 spiro atoms. The van der Waals surface area contributed by atoms with E-state index < -0.39 is 17.5 Å². The fourth-order valence-electron chi connectivity index (χ4n) is 3.27. The van der Waals surface area contributed by atoms with Gasteiger partial charge in [0.05, 0.1) is 11.8 Å². The monoisotopic (exact) mass is 502 g/mol. The van der Waals surface area contributed by atoms with Gasteiger partial charge in [0.25, 0.3) is 0 Å². The number of alkyl halides is 1. The van der Waals surface area contributed by atoms with Crippen molar-refractivity contribution in [3.05, 3.63) is 52.7 Å². The lowest BCUT2D eigenvalue weighted by molar-refractivity contribution is 0.146. The van der Waals surface area contributed by atoms with E-state index in [4.69, 9.17) is 9.47 Å². The van der Waals surface area contributed by atoms with Gasteiger partial charge < -0.3 is 25.4 Å². The summed E-state index contributed by atoms with van der Waals surface area (Å²) in [5, 5.41) is 9.48. The van der Waals surface area contributed by atoms with Gasteiger partial charge in [-0.2, -0.15) is 0 Å². The molecule has 0 saturated heterocycles. The standard InChI is InChI=1S/C27H36F2N4O3/c1-6-8-19-17-22(36-16-15-35-5)18-23(28)24(19)25(30-7-2)32-20-9-11-21(12-10-20)33-26(34)31-14-13-27(3,4)29/h7-12,17-18,32H,6,13-16H2,1-5H3,(H2,31,33,34)/b19-8+,25-24-,30-7-. The quantitative estimate of drug-likeness (QED) is 0.293. The molecule has 7 nitrogen and oxygen atoms in total. The molecule has 2 aromatic carbocycles. The molecule has 2 amide bonds. The van der Waals surface area contributed by atoms with Crippen LogP contribution >= 0.6 is 0 Å². The first-order valence-corrected chi connectivity index (χ1v) is 11.9. The minimum Gasteiger partial charge on any atom is -0.491 e. The number of nitrogens with zero attached hydrogens (tertiary/aromatic N) is 1. The fraction of sp³-hybridized carbons (Fsp3) is 0.407. The third-order valence-corrected chi connectivity index (χ3v) is 4.98. The lowest BCUT2D eigenvalue weighted by atomic mass is 10.1. The number of aliphatic imine (C=N–C) groups is 1. The second-order valence-corrected chi connectivity index (χ2v) is 8.61. The van der Waals surface area contributed by atoms with E-state index in [9.17, 15) is 9.18 Å². The summed E-state index contributed by atoms with van der Waals surface area (Å²) in [6.45, 7) is 7.59. The predicted octanol–water partition coefficient (Wildman–Crippen LogP) is 4.57. The molecule has 196 valence electrons. The maximum Gasteiger partial charge on any atom is 0.319 e. The highest BCUT2D eigenvalue weighted by Gasteiger charge is 2.15. The highest BCUT2D eigenvalue weighted by atomic mass is 19.1. The Hall–Kier alpha value is -3.46. The van der Waals surface area contributed by atoms with Crippen LogP contribution in [-0.2, 0) is 4.74 Å². The molecule has 2 aromatic rings. The first-order chi connectivity index (χ1) is 17.2. The summed E-state index contributed by atoms with van der Waals surface area (Å²) in [6, 6.07) is 9.59. The summed E-state index contributed by atoms with van der Waals surface area (Å²) in [6.07, 6.45) is 4.40. The molecule has 9 heteroatoms. The van der Waals surface area contributed by atoms with Gasteiger partial charge >= 0.3 is 6.03 Å². The van der Waals surface area contributed by atoms with Crippen LogP contribution in [-0.4, -0.2) is 44.8 Å². The van der Waals surface area contributed by atoms with Crippen molar-refractivity contribution in [1.82, 2.24) is 5.32 Å². The highest BCUT2D eigenvalue weighted by Crippen LogP contribution is 2.17. The molecule has 0 atom stereocenters. The van der Waals surface area contributed by atoms with Gasteiger partial charge in [-0.1, -0.05) is 13.0 Å². The molecule has 0 bridgehead atoms. The van der Waals surface area contributed by atoms with E-state index in [1.165, 1.54) is 19.9 Å². The van der Waals surface area contributed by atoms with Crippen LogP contribution in [0.5, 0.6) is 5.75 Å². The Morgan fingerprint density at radius 3 is 2.36 bits per heavy atom. The van der Waals surface area contributed by atoms with Gasteiger partial charge in [0, 0.05) is 37.3 Å². The van der Waals surface area contributed by atoms with Gasteiger partial charge in [0.2, 0.25) is 0 Å². The molecule has 36 heavy (non-hydrogen) atoms. The van der Waals surface area contributed by atoms with Gasteiger partial charge in [-0.3, -0.25) is 0 Å². The average molecular weight is 503 g/mol. The maximum absolute atomic E-state index is 15.3. The van der Waals surface area contributed by atoms with Gasteiger partial charge in [-0.15, -0.1) is 0 Å². The summed E-state index contributed by atoms with van der Waals surface area (Å²) >= 11 is 0. The van der Waals surface area contributed by atoms with E-state index >= 15 is 4.39 Å². The van der Waals surface area contributed by atoms with Crippen molar-refractivity contribution < 1.29 is 23.0 Å². The smallest absolute Gasteiger partial charge is 0.319 e. The fourth-order valence-corrected chi connectivity index (χ4v) is 3.27. The molecule has 3 N–H and O–H groups in total. The number of amides is 2. The molecular weight excluding hydrogens is 466 g/mol. The second kappa shape index (κ2) is 14.2. The van der Waals surface area contributed by atoms with Gasteiger partial charge in [0.1, 0.15) is 29.7 Å². The van der Waals surface area contributed by atoms with Crippen LogP contribution in [0.25, 0.3) is 11.9 Å². The molecule has 0 unspecified atom stereocenters. The third kappa shape index (κ3) is 9.65. The first-order valence-electron chi connectivity index (χ1n) is 11.9. The van der Waals surface area contributed by atoms with Crippen LogP contribution in [0.3, 0.4) is 0 Å². The Morgan fingerprint density at radius 1 is 1.11 bits per heavy atom. The van der Waals surface area contributed by atoms with Crippen molar-refractivity contribution in [1.29, 1.82) is 0 Å². The Balaban J connectivity index is 2.26. The van der Waals surface area contributed by atoms with Crippen LogP contribution in [0.4, 0.5) is 25.0 Å². The number of hydrogen-bond acceptors (Lipinski definition) is 5. The van der Waals surface area contributed by atoms with Crippen molar-refractivity contribution >= 4 is 35.5 Å². The SMILES string of the molecule is C\C=N/C(Nc1ccc(NC(=O)NCCC(C)(C)F)cc1)=c1/c(F)cc(OCCOC)c/c1=C\CC. The summed E-state index contributed by atoms with van der Waals surface area (Å²) in [5.41, 5.74) is -0.133. The molecule has 0 aliphatic rings. The number of ether oxygens (including phenoxy) is 2. The molecule has 0 aliphatic heterocycles. The van der Waals surface area contributed by atoms with Crippen molar-refractivity contribution in [3.8, 4) is 5.75 Å². The van der Waals surface area contributed by atoms with Crippen LogP contribution in [0.1, 0.15) is 40.5 Å². The Morgan fingerprint density at radius 2 is 1.78 bits per heavy atom. The number of hydrogen-bond donors (Lipinski definition) is 3. The number of carbonyl (C=O) groups is 1. The Kier molecular flexibility index (Phi) is 11.3. The first kappa shape index (κ1) is 28.8. The van der Waals surface area contributed by atoms with Crippen molar-refractivity contribution in [2.24, 2.45) is 4.99 Å². The van der Waals surface area contributed by atoms with E-state index in [2.05, 4.69) is 20.9 Å². The van der Waals surface area contributed by atoms with Crippen LogP contribution < -0.4 is 31.1 Å². The van der Waals surface area contributed by atoms with Crippen molar-refractivity contribution in [3.63, 3.8) is 0 Å². The Labute approximate surface area is 211 Å². The zero-order valence-electron chi connectivity index (χ0n) is 21.6. The lowest BCUT2D eigenvalue weighted by Crippen LogP contribution is -2.33. The molecule has 0 fully saturated rings. The number of halogens is 2. The number of methoxy groups -OCH3 is 1. The zero-order chi connectivity index (χ0) is 26.6. The van der Waals surface area contributed by atoms with E-state index in [1.807, 2.05) is 13.0 Å². The lowest BCUT2D eigenvalue weighted by Gasteiger charge is -2.14. The van der Waals surface area contributed by atoms with Crippen molar-refractivity contribution in [2.75, 3.05) is 37.5 Å². The summed E-state index contributed by atoms with van der Waals surface area (Å²) in [5.74, 6) is 0.283. The Bertz CT molecular complexity index is 1140. The molecule has 0 radical (unpaired) electrons. The molecule has 0 aliphatic carbocycles. The minimum absolute atomic E-state index is 0.216. The molecular formula is C27H36F2N4O3. The van der Waals surface area contributed by atoms with E-state index in [-0.39, 0.29) is 13.0 Å². The summed E-state index contributed by atoms with van der Waals surface area (Å²) < 4.78 is 39.4. The largest absolute Gasteiger partial charge is 0.491 e. The number of benzene rings is 2. The maximum atomic E-state index is 15.3. The van der Waals surface area contributed by atoms with Crippen LogP contribution in [0.15, 0.2) is 41.4 Å². The molecule has 2 rings (SSSR count). The van der Waals surface area contributed by atoms with Gasteiger partial charge in [-0.05, 0) is 69.2 Å². The topological polar surface area (TPSA) is 84.0 Å². The van der Waals surface area contributed by atoms with Crippen LogP contribution in [0.2, 0.25) is 0 Å². The number of nitrogens with one attached hydrogen (secondary N) is 3. The van der Waals surface area contributed by atoms with Crippen LogP contribution in [0, 0.1) is 5.82 Å². The molecule has 0 saturated carbocycles. The normalized spacial score (nSPS) is 13.0. The molecule has 0 heterocycles. The van der Waals surface area contributed by atoms with E-state index in [0.29, 0.717) is 53.0 Å². The highest BCUT2D eigenvalue weighted by molar-refractivity contribution is 5.89. The minimum atomic E-state index is -1.35. The predicted molar refractivity (Wildman–Crippen MR) is 142 cm³/mol. The van der Waals surface area contributed by atoms with E-state index in [0.717, 1.165) is 0 Å². The number of rotatable bonds is 12. The van der Waals surface area contributed by atoms with Gasteiger partial charge in [0.15, 0.2) is 0 Å². The zero-order valence-corrected chi connectivity index (χ0v) is 21.6. The average Bonchev–Trinajstić information content (AvgIpc) is 2.79. The molecule has 0 aromatic heterocycles. The number of anilines is 2. The number of urea groups is 1. The third-order valence-electron chi connectivity index (χ3n) is 4.98. The number of carbonyl (C=O) groups excluding carboxylic acids is 1. The van der Waals surface area contributed by atoms with E-state index in [1.54, 1.807) is 50.6 Å². The summed E-state index contributed by atoms with van der Waals surface area (Å²) in [7, 11) is 1.58. The second-order valence-electron chi connectivity index (χ2n) is 8.61. The van der Waals surface area contributed by atoms with Crippen molar-refractivity contribution in [2.45, 2.75) is 46.2 Å².